The molecule has 0 heterocycles. The molecule has 0 radical (unpaired) electrons. The van der Waals surface area contributed by atoms with Crippen LogP contribution in [0.1, 0.15) is 63.7 Å². The predicted octanol–water partition coefficient (Wildman–Crippen LogP) is 5.79. The van der Waals surface area contributed by atoms with E-state index in [0.29, 0.717) is 18.4 Å². The van der Waals surface area contributed by atoms with Crippen LogP contribution in [0.2, 0.25) is 0 Å². The fourth-order valence-corrected chi connectivity index (χ4v) is 8.36. The number of carbonyl (C=O) groups is 4. The van der Waals surface area contributed by atoms with Crippen LogP contribution >= 0.6 is 22.6 Å². The van der Waals surface area contributed by atoms with Crippen molar-refractivity contribution in [1.82, 2.24) is 0 Å². The summed E-state index contributed by atoms with van der Waals surface area (Å²) in [5.41, 5.74) is 0.389. The quantitative estimate of drug-likeness (QED) is 0.233. The first-order valence-corrected chi connectivity index (χ1v) is 14.3. The fraction of sp³-hybridized carbons (Fsp3) is 0.484. The lowest BCUT2D eigenvalue weighted by Gasteiger charge is -2.54. The normalized spacial score (nSPS) is 35.3. The van der Waals surface area contributed by atoms with Gasteiger partial charge in [0, 0.05) is 27.2 Å². The third-order valence-electron chi connectivity index (χ3n) is 9.62. The van der Waals surface area contributed by atoms with Crippen LogP contribution in [0, 0.1) is 32.2 Å². The summed E-state index contributed by atoms with van der Waals surface area (Å²) < 4.78 is 12.4. The summed E-state index contributed by atoms with van der Waals surface area (Å²) in [5.74, 6) is -1.42. The van der Waals surface area contributed by atoms with E-state index >= 15 is 0 Å². The van der Waals surface area contributed by atoms with E-state index in [9.17, 15) is 19.2 Å². The highest BCUT2D eigenvalue weighted by molar-refractivity contribution is 14.1. The molecule has 0 saturated heterocycles. The fourth-order valence-electron chi connectivity index (χ4n) is 7.81. The highest BCUT2D eigenvalue weighted by Crippen LogP contribution is 2.67. The molecule has 0 amide bonds. The summed E-state index contributed by atoms with van der Waals surface area (Å²) in [4.78, 5) is 51.3. The van der Waals surface area contributed by atoms with E-state index in [-0.39, 0.29) is 34.7 Å². The Balaban J connectivity index is 1.58. The smallest absolute Gasteiger partial charge is 0.339 e. The number of ether oxygens (including phenoxy) is 2. The Morgan fingerprint density at radius 1 is 1.18 bits per heavy atom. The monoisotopic (exact) mass is 628 g/mol. The lowest BCUT2D eigenvalue weighted by molar-refractivity contribution is -0.168. The minimum absolute atomic E-state index is 0.0317. The number of allylic oxidation sites excluding steroid dienone is 6. The molecule has 2 saturated carbocycles. The highest BCUT2D eigenvalue weighted by atomic mass is 127. The van der Waals surface area contributed by atoms with Gasteiger partial charge < -0.3 is 9.47 Å². The molecule has 0 bridgehead atoms. The zero-order chi connectivity index (χ0) is 27.5. The van der Waals surface area contributed by atoms with Gasteiger partial charge in [-0.1, -0.05) is 43.2 Å². The van der Waals surface area contributed by atoms with Gasteiger partial charge in [0.2, 0.25) is 5.78 Å². The number of hydrogen-bond acceptors (Lipinski definition) is 6. The first-order valence-electron chi connectivity index (χ1n) is 13.2. The third kappa shape index (κ3) is 4.03. The molecule has 0 spiro atoms. The summed E-state index contributed by atoms with van der Waals surface area (Å²) >= 11 is 2.14. The molecule has 38 heavy (non-hydrogen) atoms. The van der Waals surface area contributed by atoms with E-state index in [0.717, 1.165) is 22.0 Å². The highest BCUT2D eigenvalue weighted by Gasteiger charge is 2.70. The number of benzene rings is 1. The van der Waals surface area contributed by atoms with Crippen LogP contribution in [0.3, 0.4) is 0 Å². The Kier molecular flexibility index (Phi) is 6.81. The molecule has 200 valence electrons. The van der Waals surface area contributed by atoms with Gasteiger partial charge in [0.15, 0.2) is 18.0 Å². The molecule has 0 unspecified atom stereocenters. The molecule has 0 N–H and O–H groups in total. The van der Waals surface area contributed by atoms with Crippen LogP contribution in [-0.4, -0.2) is 35.7 Å². The number of esters is 2. The Morgan fingerprint density at radius 3 is 2.66 bits per heavy atom. The van der Waals surface area contributed by atoms with Gasteiger partial charge in [-0.2, -0.15) is 0 Å². The van der Waals surface area contributed by atoms with Crippen LogP contribution in [0.4, 0.5) is 0 Å². The molecule has 7 heteroatoms. The lowest BCUT2D eigenvalue weighted by Crippen LogP contribution is -2.60. The Bertz CT molecular complexity index is 1320. The van der Waals surface area contributed by atoms with E-state index in [1.807, 2.05) is 19.1 Å². The second-order valence-corrected chi connectivity index (χ2v) is 12.9. The van der Waals surface area contributed by atoms with Crippen LogP contribution < -0.4 is 0 Å². The molecule has 4 aliphatic rings. The minimum atomic E-state index is -1.44. The maximum absolute atomic E-state index is 14.0. The van der Waals surface area contributed by atoms with Crippen molar-refractivity contribution in [1.29, 1.82) is 0 Å². The average Bonchev–Trinajstić information content (AvgIpc) is 3.10. The van der Waals surface area contributed by atoms with Crippen molar-refractivity contribution >= 4 is 46.1 Å². The SMILES string of the molecule is CC(=O)OCC(=O)[C@@]1(OC(=O)c2cccc(I)c2)[C@@H](C)C[C@H]2[C@@H]3CCC4=CC(=O)C=C[C@]4(C)C3=CC[C@@]21C. The molecule has 5 rings (SSSR count). The van der Waals surface area contributed by atoms with Crippen LogP contribution in [-0.2, 0) is 23.9 Å². The van der Waals surface area contributed by atoms with E-state index in [2.05, 4.69) is 42.5 Å². The summed E-state index contributed by atoms with van der Waals surface area (Å²) in [6.45, 7) is 7.06. The number of hydrogen-bond donors (Lipinski definition) is 0. The predicted molar refractivity (Wildman–Crippen MR) is 150 cm³/mol. The molecular weight excluding hydrogens is 595 g/mol. The second kappa shape index (κ2) is 9.57. The van der Waals surface area contributed by atoms with E-state index in [1.54, 1.807) is 30.4 Å². The second-order valence-electron chi connectivity index (χ2n) is 11.6. The average molecular weight is 629 g/mol. The number of rotatable bonds is 5. The summed E-state index contributed by atoms with van der Waals surface area (Å²) in [6, 6.07) is 7.12. The summed E-state index contributed by atoms with van der Waals surface area (Å²) in [7, 11) is 0. The lowest BCUT2D eigenvalue weighted by atomic mass is 9.51. The molecule has 1 aromatic carbocycles. The molecule has 6 atom stereocenters. The number of fused-ring (bicyclic) bond motifs is 5. The molecule has 1 aromatic rings. The van der Waals surface area contributed by atoms with Gasteiger partial charge in [-0.05, 0) is 97.4 Å². The molecule has 2 fully saturated rings. The van der Waals surface area contributed by atoms with Crippen molar-refractivity contribution in [2.45, 2.75) is 59.0 Å². The van der Waals surface area contributed by atoms with Gasteiger partial charge >= 0.3 is 11.9 Å². The van der Waals surface area contributed by atoms with E-state index in [4.69, 9.17) is 9.47 Å². The van der Waals surface area contributed by atoms with Gasteiger partial charge in [0.1, 0.15) is 0 Å². The summed E-state index contributed by atoms with van der Waals surface area (Å²) in [5, 5.41) is 0. The number of ketones is 2. The molecule has 0 aromatic heterocycles. The van der Waals surface area contributed by atoms with Crippen molar-refractivity contribution in [2.24, 2.45) is 28.6 Å². The first-order chi connectivity index (χ1) is 17.9. The Labute approximate surface area is 237 Å². The Hall–Kier alpha value is -2.55. The standard InChI is InChI=1S/C31H33IO6/c1-18-14-26-24-9-8-21-16-23(34)10-12-29(21,3)25(24)11-13-30(26,4)31(18,27(35)17-37-19(2)33)38-28(36)20-6-5-7-22(32)15-20/h5-7,10-12,15-16,18,24,26H,8-9,13-14,17H2,1-4H3/t18-,24+,26-,29-,30-,31-/m0/s1. The molecular formula is C31H33IO6. The van der Waals surface area contributed by atoms with E-state index < -0.39 is 29.6 Å². The largest absolute Gasteiger partial charge is 0.458 e. The van der Waals surface area contributed by atoms with Gasteiger partial charge in [-0.15, -0.1) is 0 Å². The first kappa shape index (κ1) is 27.0. The van der Waals surface area contributed by atoms with Gasteiger partial charge in [0.05, 0.1) is 5.56 Å². The molecule has 0 aliphatic heterocycles. The van der Waals surface area contributed by atoms with Crippen molar-refractivity contribution < 1.29 is 28.7 Å². The zero-order valence-corrected chi connectivity index (χ0v) is 24.4. The van der Waals surface area contributed by atoms with Crippen molar-refractivity contribution in [3.8, 4) is 0 Å². The maximum Gasteiger partial charge on any atom is 0.339 e. The van der Waals surface area contributed by atoms with Crippen LogP contribution in [0.15, 0.2) is 59.7 Å². The topological polar surface area (TPSA) is 86.7 Å². The van der Waals surface area contributed by atoms with Gasteiger partial charge in [-0.3, -0.25) is 14.4 Å². The van der Waals surface area contributed by atoms with Gasteiger partial charge in [0.25, 0.3) is 0 Å². The van der Waals surface area contributed by atoms with Crippen molar-refractivity contribution in [3.05, 3.63) is 68.8 Å². The zero-order valence-electron chi connectivity index (χ0n) is 22.2. The van der Waals surface area contributed by atoms with Crippen molar-refractivity contribution in [3.63, 3.8) is 0 Å². The third-order valence-corrected chi connectivity index (χ3v) is 10.3. The van der Waals surface area contributed by atoms with E-state index in [1.165, 1.54) is 12.5 Å². The Morgan fingerprint density at radius 2 is 1.95 bits per heavy atom. The van der Waals surface area contributed by atoms with Crippen molar-refractivity contribution in [2.75, 3.05) is 6.61 Å². The number of halogens is 1. The maximum atomic E-state index is 14.0. The molecule has 6 nitrogen and oxygen atoms in total. The van der Waals surface area contributed by atoms with Gasteiger partial charge in [-0.25, -0.2) is 4.79 Å². The minimum Gasteiger partial charge on any atom is -0.458 e. The van der Waals surface area contributed by atoms with Crippen LogP contribution in [0.5, 0.6) is 0 Å². The van der Waals surface area contributed by atoms with Crippen LogP contribution in [0.25, 0.3) is 0 Å². The summed E-state index contributed by atoms with van der Waals surface area (Å²) in [6.07, 6.45) is 10.6. The molecule has 4 aliphatic carbocycles. The number of carbonyl (C=O) groups excluding carboxylic acids is 4. The number of Topliss-reactive ketones (excluding diaryl/α,β-unsaturated/α-hetero) is 1.